The molecule has 0 unspecified atom stereocenters. The van der Waals surface area contributed by atoms with Gasteiger partial charge in [0.1, 0.15) is 5.75 Å². The number of anilines is 1. The maximum Gasteiger partial charge on any atom is 0.257 e. The van der Waals surface area contributed by atoms with Crippen molar-refractivity contribution in [2.45, 2.75) is 45.1 Å². The summed E-state index contributed by atoms with van der Waals surface area (Å²) in [6.07, 6.45) is 6.42. The monoisotopic (exact) mass is 290 g/mol. The number of hydrogen-bond acceptors (Lipinski definition) is 3. The molecule has 21 heavy (non-hydrogen) atoms. The Labute approximate surface area is 127 Å². The zero-order valence-electron chi connectivity index (χ0n) is 13.0. The lowest BCUT2D eigenvalue weighted by Gasteiger charge is -2.29. The minimum absolute atomic E-state index is 0.0571. The third kappa shape index (κ3) is 4.96. The van der Waals surface area contributed by atoms with Gasteiger partial charge in [0.05, 0.1) is 0 Å². The van der Waals surface area contributed by atoms with Gasteiger partial charge < -0.3 is 15.4 Å². The fourth-order valence-corrected chi connectivity index (χ4v) is 2.85. The van der Waals surface area contributed by atoms with Crippen LogP contribution in [0.1, 0.15) is 39.0 Å². The zero-order chi connectivity index (χ0) is 15.1. The number of carbonyl (C=O) groups excluding carboxylic acids is 1. The Morgan fingerprint density at radius 1 is 1.29 bits per heavy atom. The van der Waals surface area contributed by atoms with Crippen LogP contribution in [-0.4, -0.2) is 25.6 Å². The zero-order valence-corrected chi connectivity index (χ0v) is 13.0. The first-order valence-electron chi connectivity index (χ1n) is 7.91. The van der Waals surface area contributed by atoms with Crippen LogP contribution in [-0.2, 0) is 4.79 Å². The minimum atomic E-state index is -0.119. The predicted octanol–water partition coefficient (Wildman–Crippen LogP) is 3.19. The van der Waals surface area contributed by atoms with Crippen LogP contribution in [0.5, 0.6) is 5.75 Å². The van der Waals surface area contributed by atoms with Gasteiger partial charge in [0.15, 0.2) is 6.61 Å². The fourth-order valence-electron chi connectivity index (χ4n) is 2.85. The Morgan fingerprint density at radius 2 is 2.05 bits per heavy atom. The summed E-state index contributed by atoms with van der Waals surface area (Å²) in [7, 11) is 1.61. The Kier molecular flexibility index (Phi) is 5.90. The van der Waals surface area contributed by atoms with Crippen LogP contribution in [0.2, 0.25) is 0 Å². The summed E-state index contributed by atoms with van der Waals surface area (Å²) in [5.41, 5.74) is 1.07. The van der Waals surface area contributed by atoms with Gasteiger partial charge in [-0.3, -0.25) is 4.79 Å². The van der Waals surface area contributed by atoms with E-state index in [2.05, 4.69) is 23.6 Å². The van der Waals surface area contributed by atoms with E-state index in [1.54, 1.807) is 7.05 Å². The highest BCUT2D eigenvalue weighted by atomic mass is 16.5. The van der Waals surface area contributed by atoms with Crippen LogP contribution >= 0.6 is 0 Å². The molecule has 0 bridgehead atoms. The summed E-state index contributed by atoms with van der Waals surface area (Å²) in [5, 5.41) is 6.13. The first-order valence-corrected chi connectivity index (χ1v) is 7.91. The summed E-state index contributed by atoms with van der Waals surface area (Å²) in [6, 6.07) is 8.41. The molecule has 1 aliphatic rings. The first-order chi connectivity index (χ1) is 10.2. The van der Waals surface area contributed by atoms with E-state index >= 15 is 0 Å². The highest BCUT2D eigenvalue weighted by molar-refractivity contribution is 5.77. The number of hydrogen-bond donors (Lipinski definition) is 2. The summed E-state index contributed by atoms with van der Waals surface area (Å²) >= 11 is 0. The lowest BCUT2D eigenvalue weighted by Crippen LogP contribution is -2.26. The van der Waals surface area contributed by atoms with E-state index in [4.69, 9.17) is 4.74 Å². The molecule has 1 fully saturated rings. The molecular formula is C17H26N2O2. The normalized spacial score (nSPS) is 21.6. The molecule has 1 aromatic rings. The highest BCUT2D eigenvalue weighted by Crippen LogP contribution is 2.29. The van der Waals surface area contributed by atoms with Crippen molar-refractivity contribution in [1.82, 2.24) is 5.32 Å². The second kappa shape index (κ2) is 7.91. The molecule has 1 amide bonds. The van der Waals surface area contributed by atoms with E-state index < -0.39 is 0 Å². The van der Waals surface area contributed by atoms with Gasteiger partial charge in [0.2, 0.25) is 0 Å². The number of ether oxygens (including phenoxy) is 1. The molecule has 0 aromatic heterocycles. The lowest BCUT2D eigenvalue weighted by atomic mass is 9.84. The molecule has 2 N–H and O–H groups in total. The largest absolute Gasteiger partial charge is 0.484 e. The molecule has 0 radical (unpaired) electrons. The number of likely N-dealkylation sites (N-methyl/N-ethyl adjacent to an activating group) is 1. The van der Waals surface area contributed by atoms with Crippen LogP contribution in [0, 0.1) is 5.92 Å². The van der Waals surface area contributed by atoms with Gasteiger partial charge >= 0.3 is 0 Å². The van der Waals surface area contributed by atoms with Gasteiger partial charge in [0.25, 0.3) is 5.91 Å². The fraction of sp³-hybridized carbons (Fsp3) is 0.588. The molecule has 0 atom stereocenters. The third-order valence-corrected chi connectivity index (χ3v) is 4.28. The van der Waals surface area contributed by atoms with Crippen molar-refractivity contribution in [3.05, 3.63) is 24.3 Å². The minimum Gasteiger partial charge on any atom is -0.484 e. The number of benzene rings is 1. The Morgan fingerprint density at radius 3 is 2.71 bits per heavy atom. The van der Waals surface area contributed by atoms with Crippen molar-refractivity contribution in [2.75, 3.05) is 19.0 Å². The maximum atomic E-state index is 11.2. The number of amides is 1. The first kappa shape index (κ1) is 15.7. The predicted molar refractivity (Wildman–Crippen MR) is 85.7 cm³/mol. The molecule has 1 aromatic carbocycles. The van der Waals surface area contributed by atoms with Crippen molar-refractivity contribution >= 4 is 11.6 Å². The van der Waals surface area contributed by atoms with Crippen molar-refractivity contribution < 1.29 is 9.53 Å². The van der Waals surface area contributed by atoms with E-state index in [1.807, 2.05) is 18.2 Å². The Balaban J connectivity index is 1.85. The molecular weight excluding hydrogens is 264 g/mol. The molecule has 0 spiro atoms. The van der Waals surface area contributed by atoms with E-state index in [9.17, 15) is 4.79 Å². The Bertz CT molecular complexity index is 454. The van der Waals surface area contributed by atoms with Crippen molar-refractivity contribution in [3.63, 3.8) is 0 Å². The van der Waals surface area contributed by atoms with Crippen LogP contribution in [0.3, 0.4) is 0 Å². The van der Waals surface area contributed by atoms with E-state index in [-0.39, 0.29) is 12.5 Å². The van der Waals surface area contributed by atoms with Crippen LogP contribution < -0.4 is 15.4 Å². The molecule has 1 saturated carbocycles. The summed E-state index contributed by atoms with van der Waals surface area (Å²) in [5.74, 6) is 1.52. The number of rotatable bonds is 6. The van der Waals surface area contributed by atoms with Gasteiger partial charge in [-0.1, -0.05) is 19.4 Å². The second-order valence-corrected chi connectivity index (χ2v) is 5.76. The molecule has 2 rings (SSSR count). The molecule has 0 saturated heterocycles. The number of carbonyl (C=O) groups is 1. The van der Waals surface area contributed by atoms with Crippen molar-refractivity contribution in [2.24, 2.45) is 5.92 Å². The van der Waals surface area contributed by atoms with Crippen LogP contribution in [0.4, 0.5) is 5.69 Å². The quantitative estimate of drug-likeness (QED) is 0.846. The SMILES string of the molecule is CCC1CCC(Nc2cccc(OCC(=O)NC)c2)CC1. The standard InChI is InChI=1S/C17H26N2O2/c1-3-13-7-9-14(10-8-13)19-15-5-4-6-16(11-15)21-12-17(20)18-2/h4-6,11,13-14,19H,3,7-10,12H2,1-2H3,(H,18,20). The van der Waals surface area contributed by atoms with Gasteiger partial charge in [-0.25, -0.2) is 0 Å². The van der Waals surface area contributed by atoms with Crippen LogP contribution in [0.15, 0.2) is 24.3 Å². The highest BCUT2D eigenvalue weighted by Gasteiger charge is 2.19. The average molecular weight is 290 g/mol. The summed E-state index contributed by atoms with van der Waals surface area (Å²) in [6.45, 7) is 2.34. The van der Waals surface area contributed by atoms with Crippen molar-refractivity contribution in [1.29, 1.82) is 0 Å². The second-order valence-electron chi connectivity index (χ2n) is 5.76. The van der Waals surface area contributed by atoms with E-state index in [0.29, 0.717) is 6.04 Å². The molecule has 116 valence electrons. The smallest absolute Gasteiger partial charge is 0.257 e. The summed E-state index contributed by atoms with van der Waals surface area (Å²) < 4.78 is 5.47. The van der Waals surface area contributed by atoms with Gasteiger partial charge in [-0.05, 0) is 43.7 Å². The molecule has 4 nitrogen and oxygen atoms in total. The molecule has 0 aliphatic heterocycles. The van der Waals surface area contributed by atoms with Gasteiger partial charge in [0, 0.05) is 24.8 Å². The maximum absolute atomic E-state index is 11.2. The van der Waals surface area contributed by atoms with E-state index in [0.717, 1.165) is 17.4 Å². The van der Waals surface area contributed by atoms with Gasteiger partial charge in [-0.2, -0.15) is 0 Å². The Hall–Kier alpha value is -1.71. The van der Waals surface area contributed by atoms with E-state index in [1.165, 1.54) is 32.1 Å². The molecule has 0 heterocycles. The lowest BCUT2D eigenvalue weighted by molar-refractivity contribution is -0.122. The van der Waals surface area contributed by atoms with Gasteiger partial charge in [-0.15, -0.1) is 0 Å². The summed E-state index contributed by atoms with van der Waals surface area (Å²) in [4.78, 5) is 11.2. The topological polar surface area (TPSA) is 50.4 Å². The third-order valence-electron chi connectivity index (χ3n) is 4.28. The van der Waals surface area contributed by atoms with Crippen molar-refractivity contribution in [3.8, 4) is 5.75 Å². The molecule has 1 aliphatic carbocycles. The average Bonchev–Trinajstić information content (AvgIpc) is 2.53. The van der Waals surface area contributed by atoms with Crippen LogP contribution in [0.25, 0.3) is 0 Å². The molecule has 4 heteroatoms. The number of nitrogens with one attached hydrogen (secondary N) is 2.